The molecular formula is C12H17BrN2O. The van der Waals surface area contributed by atoms with Crippen molar-refractivity contribution in [3.05, 3.63) is 34.3 Å². The summed E-state index contributed by atoms with van der Waals surface area (Å²) in [6, 6.07) is 8.43. The van der Waals surface area contributed by atoms with Crippen LogP contribution in [0.3, 0.4) is 0 Å². The number of rotatable bonds is 4. The van der Waals surface area contributed by atoms with E-state index in [9.17, 15) is 0 Å². The molecular weight excluding hydrogens is 268 g/mol. The predicted octanol–water partition coefficient (Wildman–Crippen LogP) is 2.00. The zero-order chi connectivity index (χ0) is 11.4. The van der Waals surface area contributed by atoms with Crippen molar-refractivity contribution < 1.29 is 4.74 Å². The molecule has 0 aromatic heterocycles. The molecule has 16 heavy (non-hydrogen) atoms. The van der Waals surface area contributed by atoms with E-state index in [0.717, 1.165) is 30.3 Å². The molecule has 1 aliphatic heterocycles. The second kappa shape index (κ2) is 5.77. The Hall–Kier alpha value is -0.420. The third kappa shape index (κ3) is 2.83. The first kappa shape index (κ1) is 12.0. The molecule has 4 heteroatoms. The van der Waals surface area contributed by atoms with E-state index >= 15 is 0 Å². The summed E-state index contributed by atoms with van der Waals surface area (Å²) in [4.78, 5) is 0. The van der Waals surface area contributed by atoms with Gasteiger partial charge in [-0.1, -0.05) is 34.1 Å². The van der Waals surface area contributed by atoms with Crippen molar-refractivity contribution in [2.75, 3.05) is 6.61 Å². The Labute approximate surface area is 104 Å². The number of halogens is 1. The lowest BCUT2D eigenvalue weighted by Gasteiger charge is -2.22. The minimum absolute atomic E-state index is 0.196. The van der Waals surface area contributed by atoms with E-state index in [2.05, 4.69) is 33.5 Å². The van der Waals surface area contributed by atoms with Gasteiger partial charge in [-0.2, -0.15) is 0 Å². The third-order valence-corrected chi connectivity index (χ3v) is 3.80. The number of benzene rings is 1. The largest absolute Gasteiger partial charge is 0.377 e. The van der Waals surface area contributed by atoms with Crippen molar-refractivity contribution >= 4 is 15.9 Å². The van der Waals surface area contributed by atoms with Gasteiger partial charge in [0.1, 0.15) is 0 Å². The Bertz CT molecular complexity index is 340. The van der Waals surface area contributed by atoms with Gasteiger partial charge in [0.2, 0.25) is 0 Å². The van der Waals surface area contributed by atoms with Gasteiger partial charge in [-0.15, -0.1) is 0 Å². The molecule has 3 nitrogen and oxygen atoms in total. The lowest BCUT2D eigenvalue weighted by atomic mass is 10.00. The first-order valence-corrected chi connectivity index (χ1v) is 6.41. The van der Waals surface area contributed by atoms with E-state index in [1.807, 2.05) is 12.1 Å². The molecule has 1 heterocycles. The molecule has 0 radical (unpaired) electrons. The number of hydrogen-bond acceptors (Lipinski definition) is 3. The molecule has 1 aliphatic rings. The molecule has 2 unspecified atom stereocenters. The minimum Gasteiger partial charge on any atom is -0.377 e. The van der Waals surface area contributed by atoms with Crippen LogP contribution in [0, 0.1) is 0 Å². The lowest BCUT2D eigenvalue weighted by Crippen LogP contribution is -2.45. The number of nitrogens with one attached hydrogen (secondary N) is 1. The van der Waals surface area contributed by atoms with E-state index < -0.39 is 0 Å². The van der Waals surface area contributed by atoms with Crippen LogP contribution >= 0.6 is 15.9 Å². The molecule has 2 rings (SSSR count). The van der Waals surface area contributed by atoms with Gasteiger partial charge in [-0.05, 0) is 30.9 Å². The van der Waals surface area contributed by atoms with E-state index in [1.165, 1.54) is 5.56 Å². The highest BCUT2D eigenvalue weighted by Gasteiger charge is 2.25. The minimum atomic E-state index is 0.196. The van der Waals surface area contributed by atoms with E-state index in [-0.39, 0.29) is 12.1 Å². The van der Waals surface area contributed by atoms with Crippen LogP contribution in [0.2, 0.25) is 0 Å². The SMILES string of the molecule is NNC(Cc1ccccc1Br)C1CCCO1. The van der Waals surface area contributed by atoms with Crippen LogP contribution in [0.5, 0.6) is 0 Å². The van der Waals surface area contributed by atoms with Crippen LogP contribution in [0.15, 0.2) is 28.7 Å². The maximum absolute atomic E-state index is 5.66. The highest BCUT2D eigenvalue weighted by Crippen LogP contribution is 2.22. The van der Waals surface area contributed by atoms with Crippen LogP contribution in [0.1, 0.15) is 18.4 Å². The number of ether oxygens (including phenoxy) is 1. The van der Waals surface area contributed by atoms with Crippen LogP contribution in [0.4, 0.5) is 0 Å². The highest BCUT2D eigenvalue weighted by molar-refractivity contribution is 9.10. The average molecular weight is 285 g/mol. The van der Waals surface area contributed by atoms with Crippen molar-refractivity contribution in [2.24, 2.45) is 5.84 Å². The normalized spacial score (nSPS) is 22.2. The zero-order valence-corrected chi connectivity index (χ0v) is 10.7. The molecule has 1 fully saturated rings. The zero-order valence-electron chi connectivity index (χ0n) is 9.16. The summed E-state index contributed by atoms with van der Waals surface area (Å²) < 4.78 is 6.79. The molecule has 3 N–H and O–H groups in total. The van der Waals surface area contributed by atoms with Crippen LogP contribution in [0.25, 0.3) is 0 Å². The summed E-state index contributed by atoms with van der Waals surface area (Å²) in [5, 5.41) is 0. The Balaban J connectivity index is 2.03. The summed E-state index contributed by atoms with van der Waals surface area (Å²) in [7, 11) is 0. The molecule has 0 spiro atoms. The summed E-state index contributed by atoms with van der Waals surface area (Å²) in [5.41, 5.74) is 4.14. The molecule has 1 saturated heterocycles. The smallest absolute Gasteiger partial charge is 0.0745 e. The monoisotopic (exact) mass is 284 g/mol. The number of hydrogen-bond donors (Lipinski definition) is 2. The third-order valence-electron chi connectivity index (χ3n) is 3.03. The van der Waals surface area contributed by atoms with Crippen molar-refractivity contribution in [1.29, 1.82) is 0 Å². The van der Waals surface area contributed by atoms with Crippen LogP contribution in [-0.4, -0.2) is 18.8 Å². The van der Waals surface area contributed by atoms with Crippen molar-refractivity contribution in [1.82, 2.24) is 5.43 Å². The van der Waals surface area contributed by atoms with Crippen molar-refractivity contribution in [2.45, 2.75) is 31.4 Å². The van der Waals surface area contributed by atoms with Crippen molar-refractivity contribution in [3.8, 4) is 0 Å². The first-order valence-electron chi connectivity index (χ1n) is 5.62. The molecule has 0 amide bonds. The molecule has 1 aromatic carbocycles. The maximum atomic E-state index is 5.66. The van der Waals surface area contributed by atoms with Crippen LogP contribution < -0.4 is 11.3 Å². The van der Waals surface area contributed by atoms with Gasteiger partial charge in [0.05, 0.1) is 12.1 Å². The van der Waals surface area contributed by atoms with Crippen molar-refractivity contribution in [3.63, 3.8) is 0 Å². The molecule has 1 aromatic rings. The fourth-order valence-corrected chi connectivity index (χ4v) is 2.57. The topological polar surface area (TPSA) is 47.3 Å². The molecule has 2 atom stereocenters. The summed E-state index contributed by atoms with van der Waals surface area (Å²) >= 11 is 3.55. The highest BCUT2D eigenvalue weighted by atomic mass is 79.9. The summed E-state index contributed by atoms with van der Waals surface area (Å²) in [6.45, 7) is 0.860. The van der Waals surface area contributed by atoms with Gasteiger partial charge in [-0.25, -0.2) is 0 Å². The fourth-order valence-electron chi connectivity index (χ4n) is 2.12. The number of hydrazine groups is 1. The second-order valence-electron chi connectivity index (χ2n) is 4.12. The standard InChI is InChI=1S/C12H17BrN2O/c13-10-5-2-1-4-9(10)8-11(15-14)12-6-3-7-16-12/h1-2,4-5,11-12,15H,3,6-8,14H2. The van der Waals surface area contributed by atoms with Gasteiger partial charge in [-0.3, -0.25) is 11.3 Å². The Kier molecular flexibility index (Phi) is 4.35. The summed E-state index contributed by atoms with van der Waals surface area (Å²) in [6.07, 6.45) is 3.37. The molecule has 0 saturated carbocycles. The second-order valence-corrected chi connectivity index (χ2v) is 4.97. The summed E-state index contributed by atoms with van der Waals surface area (Å²) in [5.74, 6) is 5.61. The Morgan fingerprint density at radius 3 is 2.94 bits per heavy atom. The van der Waals surface area contributed by atoms with E-state index in [0.29, 0.717) is 0 Å². The van der Waals surface area contributed by atoms with Crippen LogP contribution in [-0.2, 0) is 11.2 Å². The van der Waals surface area contributed by atoms with Gasteiger partial charge >= 0.3 is 0 Å². The number of nitrogens with two attached hydrogens (primary N) is 1. The van der Waals surface area contributed by atoms with E-state index in [1.54, 1.807) is 0 Å². The van der Waals surface area contributed by atoms with Gasteiger partial charge < -0.3 is 4.74 Å². The molecule has 0 aliphatic carbocycles. The quantitative estimate of drug-likeness (QED) is 0.657. The fraction of sp³-hybridized carbons (Fsp3) is 0.500. The van der Waals surface area contributed by atoms with Gasteiger partial charge in [0.15, 0.2) is 0 Å². The van der Waals surface area contributed by atoms with E-state index in [4.69, 9.17) is 10.6 Å². The average Bonchev–Trinajstić information content (AvgIpc) is 2.81. The Morgan fingerprint density at radius 1 is 1.50 bits per heavy atom. The molecule has 0 bridgehead atoms. The van der Waals surface area contributed by atoms with Gasteiger partial charge in [0, 0.05) is 11.1 Å². The Morgan fingerprint density at radius 2 is 2.31 bits per heavy atom. The lowest BCUT2D eigenvalue weighted by molar-refractivity contribution is 0.0784. The first-order chi connectivity index (χ1) is 7.81. The molecule has 88 valence electrons. The predicted molar refractivity (Wildman–Crippen MR) is 67.9 cm³/mol. The van der Waals surface area contributed by atoms with Gasteiger partial charge in [0.25, 0.3) is 0 Å². The maximum Gasteiger partial charge on any atom is 0.0745 e.